The summed E-state index contributed by atoms with van der Waals surface area (Å²) in [4.78, 5) is 8.11. The van der Waals surface area contributed by atoms with Crippen LogP contribution in [0.4, 0.5) is 5.95 Å². The lowest BCUT2D eigenvalue weighted by atomic mass is 10.2. The third-order valence-corrected chi connectivity index (χ3v) is 7.26. The van der Waals surface area contributed by atoms with Gasteiger partial charge in [0.15, 0.2) is 11.6 Å². The number of nitrogens with one attached hydrogen (secondary N) is 1. The monoisotopic (exact) mass is 510 g/mol. The van der Waals surface area contributed by atoms with Crippen LogP contribution in [0.1, 0.15) is 24.4 Å². The fourth-order valence-electron chi connectivity index (χ4n) is 3.54. The number of aliphatic hydroxyl groups excluding tert-OH is 1. The molecule has 0 radical (unpaired) electrons. The first-order chi connectivity index (χ1) is 17.3. The van der Waals surface area contributed by atoms with Crippen LogP contribution in [0.15, 0.2) is 60.9 Å². The standard InChI is InChI=1S/C24H26N6O5S/c1-15-13-25-22(26-14-15)21(31)16(2)36(32,33)29-24-28-27-23(17-9-6-5-7-10-17)30(24)20-18(34-3)11-8-12-19(20)35-4/h5-14,16,21,31H,1-4H3,(H,28,29). The first-order valence-corrected chi connectivity index (χ1v) is 12.5. The first-order valence-electron chi connectivity index (χ1n) is 11.0. The molecule has 0 aliphatic carbocycles. The molecule has 0 spiro atoms. The van der Waals surface area contributed by atoms with Gasteiger partial charge in [0, 0.05) is 18.0 Å². The molecular weight excluding hydrogens is 484 g/mol. The van der Waals surface area contributed by atoms with Gasteiger partial charge in [0.1, 0.15) is 28.5 Å². The molecule has 0 amide bonds. The van der Waals surface area contributed by atoms with Crippen molar-refractivity contribution in [3.8, 4) is 28.6 Å². The highest BCUT2D eigenvalue weighted by Gasteiger charge is 2.33. The molecule has 0 saturated carbocycles. The molecular formula is C24H26N6O5S. The van der Waals surface area contributed by atoms with Crippen LogP contribution < -0.4 is 14.2 Å². The van der Waals surface area contributed by atoms with Crippen molar-refractivity contribution in [1.82, 2.24) is 24.7 Å². The molecule has 0 saturated heterocycles. The minimum absolute atomic E-state index is 0.00341. The van der Waals surface area contributed by atoms with E-state index in [1.54, 1.807) is 25.1 Å². The van der Waals surface area contributed by atoms with Crippen LogP contribution in [0.5, 0.6) is 11.5 Å². The van der Waals surface area contributed by atoms with Crippen LogP contribution in [0, 0.1) is 6.92 Å². The van der Waals surface area contributed by atoms with Crippen LogP contribution in [-0.2, 0) is 10.0 Å². The number of hydrogen-bond acceptors (Lipinski definition) is 9. The number of hydrogen-bond donors (Lipinski definition) is 2. The normalized spacial score (nSPS) is 13.1. The minimum atomic E-state index is -4.19. The van der Waals surface area contributed by atoms with E-state index in [1.807, 2.05) is 30.3 Å². The van der Waals surface area contributed by atoms with Crippen molar-refractivity contribution in [2.75, 3.05) is 18.9 Å². The average Bonchev–Trinajstić information content (AvgIpc) is 3.30. The summed E-state index contributed by atoms with van der Waals surface area (Å²) in [7, 11) is -1.20. The molecule has 4 aromatic rings. The number of aromatic nitrogens is 5. The molecule has 2 aromatic heterocycles. The molecule has 0 fully saturated rings. The molecule has 0 aliphatic heterocycles. The van der Waals surface area contributed by atoms with Gasteiger partial charge in [-0.25, -0.2) is 18.4 Å². The number of anilines is 1. The van der Waals surface area contributed by atoms with Crippen LogP contribution in [-0.4, -0.2) is 57.7 Å². The second kappa shape index (κ2) is 10.3. The third kappa shape index (κ3) is 4.86. The molecule has 2 unspecified atom stereocenters. The lowest BCUT2D eigenvalue weighted by Gasteiger charge is -2.21. The van der Waals surface area contributed by atoms with E-state index in [2.05, 4.69) is 24.9 Å². The van der Waals surface area contributed by atoms with Crippen LogP contribution in [0.3, 0.4) is 0 Å². The molecule has 2 atom stereocenters. The fraction of sp³-hybridized carbons (Fsp3) is 0.250. The Hall–Kier alpha value is -4.03. The summed E-state index contributed by atoms with van der Waals surface area (Å²) in [6.07, 6.45) is 1.54. The van der Waals surface area contributed by atoms with Crippen molar-refractivity contribution in [1.29, 1.82) is 0 Å². The lowest BCUT2D eigenvalue weighted by molar-refractivity contribution is 0.166. The summed E-state index contributed by atoms with van der Waals surface area (Å²) in [5.74, 6) is 1.06. The van der Waals surface area contributed by atoms with Crippen molar-refractivity contribution in [2.45, 2.75) is 25.2 Å². The lowest BCUT2D eigenvalue weighted by Crippen LogP contribution is -2.32. The Labute approximate surface area is 208 Å². The zero-order valence-electron chi connectivity index (χ0n) is 20.2. The molecule has 188 valence electrons. The first kappa shape index (κ1) is 25.1. The topological polar surface area (TPSA) is 141 Å². The number of aliphatic hydroxyl groups is 1. The van der Waals surface area contributed by atoms with E-state index in [-0.39, 0.29) is 11.8 Å². The van der Waals surface area contributed by atoms with Gasteiger partial charge in [-0.3, -0.25) is 9.29 Å². The SMILES string of the molecule is COc1cccc(OC)c1-n1c(NS(=O)(=O)C(C)C(O)c2ncc(C)cn2)nnc1-c1ccccc1. The Morgan fingerprint density at radius 3 is 2.14 bits per heavy atom. The van der Waals surface area contributed by atoms with Crippen molar-refractivity contribution < 1.29 is 23.0 Å². The molecule has 4 rings (SSSR count). The molecule has 11 nitrogen and oxygen atoms in total. The Kier molecular flexibility index (Phi) is 7.17. The largest absolute Gasteiger partial charge is 0.494 e. The number of rotatable bonds is 9. The highest BCUT2D eigenvalue weighted by molar-refractivity contribution is 7.93. The third-order valence-electron chi connectivity index (χ3n) is 5.55. The number of benzene rings is 2. The van der Waals surface area contributed by atoms with E-state index in [9.17, 15) is 13.5 Å². The van der Waals surface area contributed by atoms with Gasteiger partial charge >= 0.3 is 0 Å². The van der Waals surface area contributed by atoms with Crippen molar-refractivity contribution >= 4 is 16.0 Å². The fourth-order valence-corrected chi connectivity index (χ4v) is 4.58. The maximum Gasteiger partial charge on any atom is 0.243 e. The maximum absolute atomic E-state index is 13.3. The molecule has 2 N–H and O–H groups in total. The number of para-hydroxylation sites is 1. The number of ether oxygens (including phenoxy) is 2. The van der Waals surface area contributed by atoms with Crippen molar-refractivity contribution in [3.63, 3.8) is 0 Å². The summed E-state index contributed by atoms with van der Waals surface area (Å²) in [6.45, 7) is 3.15. The second-order valence-corrected chi connectivity index (χ2v) is 10.0. The molecule has 12 heteroatoms. The van der Waals surface area contributed by atoms with Gasteiger partial charge < -0.3 is 14.6 Å². The second-order valence-electron chi connectivity index (χ2n) is 7.98. The van der Waals surface area contributed by atoms with Crippen molar-refractivity contribution in [2.24, 2.45) is 0 Å². The molecule has 2 aromatic carbocycles. The summed E-state index contributed by atoms with van der Waals surface area (Å²) >= 11 is 0. The Morgan fingerprint density at radius 2 is 1.56 bits per heavy atom. The molecule has 0 aliphatic rings. The van der Waals surface area contributed by atoms with Gasteiger partial charge in [-0.15, -0.1) is 10.2 Å². The van der Waals surface area contributed by atoms with Gasteiger partial charge in [0.2, 0.25) is 16.0 Å². The van der Waals surface area contributed by atoms with E-state index in [0.717, 1.165) is 5.56 Å². The van der Waals surface area contributed by atoms with Crippen LogP contribution in [0.25, 0.3) is 17.1 Å². The average molecular weight is 511 g/mol. The predicted octanol–water partition coefficient (Wildman–Crippen LogP) is 2.91. The summed E-state index contributed by atoms with van der Waals surface area (Å²) < 4.78 is 41.8. The van der Waals surface area contributed by atoms with Gasteiger partial charge in [-0.2, -0.15) is 0 Å². The Morgan fingerprint density at radius 1 is 0.944 bits per heavy atom. The summed E-state index contributed by atoms with van der Waals surface area (Å²) in [6, 6.07) is 14.3. The number of nitrogens with zero attached hydrogens (tertiary/aromatic N) is 5. The Bertz CT molecular complexity index is 1420. The molecule has 0 bridgehead atoms. The van der Waals surface area contributed by atoms with Gasteiger partial charge in [-0.05, 0) is 31.5 Å². The predicted molar refractivity (Wildman–Crippen MR) is 134 cm³/mol. The highest BCUT2D eigenvalue weighted by atomic mass is 32.2. The molecule has 2 heterocycles. The summed E-state index contributed by atoms with van der Waals surface area (Å²) in [5.41, 5.74) is 1.87. The number of sulfonamides is 1. The summed E-state index contributed by atoms with van der Waals surface area (Å²) in [5, 5.41) is 17.8. The van der Waals surface area contributed by atoms with Gasteiger partial charge in [0.25, 0.3) is 0 Å². The smallest absolute Gasteiger partial charge is 0.243 e. The van der Waals surface area contributed by atoms with Gasteiger partial charge in [-0.1, -0.05) is 36.4 Å². The van der Waals surface area contributed by atoms with Crippen LogP contribution >= 0.6 is 0 Å². The van der Waals surface area contributed by atoms with Crippen LogP contribution in [0.2, 0.25) is 0 Å². The number of methoxy groups -OCH3 is 2. The number of aryl methyl sites for hydroxylation is 1. The highest BCUT2D eigenvalue weighted by Crippen LogP contribution is 2.38. The van der Waals surface area contributed by atoms with Gasteiger partial charge in [0.05, 0.1) is 14.2 Å². The Balaban J connectivity index is 1.81. The zero-order chi connectivity index (χ0) is 25.9. The van der Waals surface area contributed by atoms with E-state index in [4.69, 9.17) is 9.47 Å². The molecule has 36 heavy (non-hydrogen) atoms. The maximum atomic E-state index is 13.3. The van der Waals surface area contributed by atoms with E-state index in [0.29, 0.717) is 28.6 Å². The van der Waals surface area contributed by atoms with E-state index in [1.165, 1.54) is 38.1 Å². The quantitative estimate of drug-likeness (QED) is 0.348. The minimum Gasteiger partial charge on any atom is -0.494 e. The zero-order valence-corrected chi connectivity index (χ0v) is 21.0. The van der Waals surface area contributed by atoms with Crippen molar-refractivity contribution in [3.05, 3.63) is 72.3 Å². The van der Waals surface area contributed by atoms with E-state index < -0.39 is 21.4 Å². The van der Waals surface area contributed by atoms with E-state index >= 15 is 0 Å².